The van der Waals surface area contributed by atoms with Crippen LogP contribution in [0.4, 0.5) is 11.6 Å². The summed E-state index contributed by atoms with van der Waals surface area (Å²) in [6, 6.07) is 8.76. The van der Waals surface area contributed by atoms with Crippen molar-refractivity contribution >= 4 is 29.2 Å². The standard InChI is InChI=1S/C12H12N4OS/c1-7(17)8-4-2-3-5-9(8)18-12-15-10(13)6-11(14)16-12/h2-6H,1H3,(H4,13,14,15,16). The van der Waals surface area contributed by atoms with Crippen LogP contribution < -0.4 is 11.5 Å². The Labute approximate surface area is 109 Å². The molecule has 0 atom stereocenters. The van der Waals surface area contributed by atoms with Crippen LogP contribution in [-0.4, -0.2) is 15.8 Å². The normalized spacial score (nSPS) is 10.3. The summed E-state index contributed by atoms with van der Waals surface area (Å²) in [5.74, 6) is 0.616. The molecule has 0 fully saturated rings. The Morgan fingerprint density at radius 1 is 1.17 bits per heavy atom. The fourth-order valence-electron chi connectivity index (χ4n) is 1.45. The number of carbonyl (C=O) groups excluding carboxylic acids is 1. The van der Waals surface area contributed by atoms with Crippen LogP contribution in [0.3, 0.4) is 0 Å². The summed E-state index contributed by atoms with van der Waals surface area (Å²) in [5, 5.41) is 0.432. The second-order valence-electron chi connectivity index (χ2n) is 3.65. The van der Waals surface area contributed by atoms with Gasteiger partial charge in [-0.1, -0.05) is 18.2 Å². The first-order valence-corrected chi connectivity index (χ1v) is 6.06. The summed E-state index contributed by atoms with van der Waals surface area (Å²) in [4.78, 5) is 20.4. The first-order valence-electron chi connectivity index (χ1n) is 5.24. The fourth-order valence-corrected chi connectivity index (χ4v) is 2.42. The quantitative estimate of drug-likeness (QED) is 0.647. The smallest absolute Gasteiger partial charge is 0.196 e. The van der Waals surface area contributed by atoms with Crippen LogP contribution in [0.5, 0.6) is 0 Å². The molecule has 18 heavy (non-hydrogen) atoms. The molecule has 0 aliphatic carbocycles. The summed E-state index contributed by atoms with van der Waals surface area (Å²) in [6.07, 6.45) is 0. The van der Waals surface area contributed by atoms with Crippen LogP contribution >= 0.6 is 11.8 Å². The number of hydrogen-bond donors (Lipinski definition) is 2. The summed E-state index contributed by atoms with van der Waals surface area (Å²) in [7, 11) is 0. The van der Waals surface area contributed by atoms with Gasteiger partial charge in [0.25, 0.3) is 0 Å². The van der Waals surface area contributed by atoms with Gasteiger partial charge in [0.05, 0.1) is 0 Å². The number of hydrogen-bond acceptors (Lipinski definition) is 6. The zero-order chi connectivity index (χ0) is 13.1. The fraction of sp³-hybridized carbons (Fsp3) is 0.0833. The molecular weight excluding hydrogens is 248 g/mol. The lowest BCUT2D eigenvalue weighted by Crippen LogP contribution is -2.00. The van der Waals surface area contributed by atoms with Gasteiger partial charge in [0.15, 0.2) is 10.9 Å². The van der Waals surface area contributed by atoms with Crippen molar-refractivity contribution in [1.29, 1.82) is 0 Å². The highest BCUT2D eigenvalue weighted by Gasteiger charge is 2.10. The number of ketones is 1. The number of aromatic nitrogens is 2. The number of nitrogen functional groups attached to an aromatic ring is 2. The second-order valence-corrected chi connectivity index (χ2v) is 4.66. The highest BCUT2D eigenvalue weighted by molar-refractivity contribution is 7.99. The third kappa shape index (κ3) is 2.78. The van der Waals surface area contributed by atoms with Crippen LogP contribution in [0.15, 0.2) is 40.4 Å². The summed E-state index contributed by atoms with van der Waals surface area (Å²) >= 11 is 1.27. The van der Waals surface area contributed by atoms with E-state index >= 15 is 0 Å². The molecule has 92 valence electrons. The molecule has 0 radical (unpaired) electrons. The molecule has 1 aromatic heterocycles. The van der Waals surface area contributed by atoms with Crippen LogP contribution in [0.1, 0.15) is 17.3 Å². The summed E-state index contributed by atoms with van der Waals surface area (Å²) in [5.41, 5.74) is 11.8. The van der Waals surface area contributed by atoms with Crippen molar-refractivity contribution in [3.05, 3.63) is 35.9 Å². The molecule has 0 unspecified atom stereocenters. The maximum Gasteiger partial charge on any atom is 0.196 e. The molecule has 1 heterocycles. The van der Waals surface area contributed by atoms with Crippen LogP contribution in [0, 0.1) is 0 Å². The molecule has 2 aromatic rings. The SMILES string of the molecule is CC(=O)c1ccccc1Sc1nc(N)cc(N)n1. The average molecular weight is 260 g/mol. The van der Waals surface area contributed by atoms with Gasteiger partial charge in [0, 0.05) is 16.5 Å². The Kier molecular flexibility index (Phi) is 3.47. The van der Waals surface area contributed by atoms with Crippen LogP contribution in [0.25, 0.3) is 0 Å². The minimum Gasteiger partial charge on any atom is -0.383 e. The van der Waals surface area contributed by atoms with Crippen molar-refractivity contribution in [2.45, 2.75) is 17.0 Å². The van der Waals surface area contributed by atoms with Crippen molar-refractivity contribution in [1.82, 2.24) is 9.97 Å². The Morgan fingerprint density at radius 2 is 1.78 bits per heavy atom. The van der Waals surface area contributed by atoms with E-state index in [1.54, 1.807) is 6.07 Å². The van der Waals surface area contributed by atoms with Gasteiger partial charge in [-0.15, -0.1) is 0 Å². The number of benzene rings is 1. The highest BCUT2D eigenvalue weighted by atomic mass is 32.2. The molecule has 0 amide bonds. The summed E-state index contributed by atoms with van der Waals surface area (Å²) in [6.45, 7) is 1.52. The lowest BCUT2D eigenvalue weighted by atomic mass is 10.1. The molecule has 0 saturated carbocycles. The molecule has 0 aliphatic heterocycles. The molecule has 1 aromatic carbocycles. The molecular formula is C12H12N4OS. The Hall–Kier alpha value is -2.08. The Morgan fingerprint density at radius 3 is 2.39 bits per heavy atom. The highest BCUT2D eigenvalue weighted by Crippen LogP contribution is 2.29. The molecule has 5 nitrogen and oxygen atoms in total. The van der Waals surface area contributed by atoms with E-state index in [0.717, 1.165) is 4.90 Å². The Bertz CT molecular complexity index is 580. The van der Waals surface area contributed by atoms with Gasteiger partial charge in [0.2, 0.25) is 0 Å². The van der Waals surface area contributed by atoms with Gasteiger partial charge in [-0.2, -0.15) is 0 Å². The zero-order valence-electron chi connectivity index (χ0n) is 9.75. The van der Waals surface area contributed by atoms with Crippen LogP contribution in [-0.2, 0) is 0 Å². The van der Waals surface area contributed by atoms with Crippen molar-refractivity contribution in [2.75, 3.05) is 11.5 Å². The number of anilines is 2. The van der Waals surface area contributed by atoms with Crippen molar-refractivity contribution < 1.29 is 4.79 Å². The first kappa shape index (κ1) is 12.4. The molecule has 4 N–H and O–H groups in total. The maximum atomic E-state index is 11.5. The van der Waals surface area contributed by atoms with E-state index in [1.165, 1.54) is 24.8 Å². The lowest BCUT2D eigenvalue weighted by Gasteiger charge is -2.06. The average Bonchev–Trinajstić information content (AvgIpc) is 2.27. The van der Waals surface area contributed by atoms with Gasteiger partial charge in [-0.3, -0.25) is 4.79 Å². The van der Waals surface area contributed by atoms with Gasteiger partial charge in [0.1, 0.15) is 11.6 Å². The van der Waals surface area contributed by atoms with E-state index in [-0.39, 0.29) is 5.78 Å². The Balaban J connectivity index is 2.37. The predicted molar refractivity (Wildman–Crippen MR) is 71.4 cm³/mol. The van der Waals surface area contributed by atoms with Gasteiger partial charge >= 0.3 is 0 Å². The molecule has 0 aliphatic rings. The number of nitrogens with two attached hydrogens (primary N) is 2. The maximum absolute atomic E-state index is 11.5. The molecule has 0 spiro atoms. The van der Waals surface area contributed by atoms with E-state index in [0.29, 0.717) is 22.4 Å². The zero-order valence-corrected chi connectivity index (χ0v) is 10.6. The van der Waals surface area contributed by atoms with E-state index in [9.17, 15) is 4.79 Å². The minimum atomic E-state index is -0.00465. The molecule has 0 saturated heterocycles. The van der Waals surface area contributed by atoms with E-state index in [2.05, 4.69) is 9.97 Å². The van der Waals surface area contributed by atoms with Crippen molar-refractivity contribution in [2.24, 2.45) is 0 Å². The van der Waals surface area contributed by atoms with Crippen molar-refractivity contribution in [3.63, 3.8) is 0 Å². The first-order chi connectivity index (χ1) is 8.56. The largest absolute Gasteiger partial charge is 0.383 e. The number of nitrogens with zero attached hydrogens (tertiary/aromatic N) is 2. The third-order valence-corrected chi connectivity index (χ3v) is 3.15. The number of Topliss-reactive ketones (excluding diaryl/α,β-unsaturated/α-hetero) is 1. The van der Waals surface area contributed by atoms with E-state index in [4.69, 9.17) is 11.5 Å². The molecule has 2 rings (SSSR count). The molecule has 6 heteroatoms. The molecule has 0 bridgehead atoms. The van der Waals surface area contributed by atoms with E-state index in [1.807, 2.05) is 18.2 Å². The third-order valence-electron chi connectivity index (χ3n) is 2.21. The monoisotopic (exact) mass is 260 g/mol. The summed E-state index contributed by atoms with van der Waals surface area (Å²) < 4.78 is 0. The van der Waals surface area contributed by atoms with Crippen molar-refractivity contribution in [3.8, 4) is 0 Å². The van der Waals surface area contributed by atoms with Gasteiger partial charge < -0.3 is 11.5 Å². The second kappa shape index (κ2) is 5.05. The van der Waals surface area contributed by atoms with Gasteiger partial charge in [-0.25, -0.2) is 9.97 Å². The van der Waals surface area contributed by atoms with E-state index < -0.39 is 0 Å². The minimum absolute atomic E-state index is 0.00465. The van der Waals surface area contributed by atoms with Crippen LogP contribution in [0.2, 0.25) is 0 Å². The predicted octanol–water partition coefficient (Wildman–Crippen LogP) is 1.99. The topological polar surface area (TPSA) is 94.9 Å². The lowest BCUT2D eigenvalue weighted by molar-refractivity contribution is 0.101. The number of carbonyl (C=O) groups is 1. The van der Waals surface area contributed by atoms with Gasteiger partial charge in [-0.05, 0) is 24.8 Å². The number of rotatable bonds is 3.